The fourth-order valence-electron chi connectivity index (χ4n) is 2.65. The molecule has 0 spiro atoms. The number of carbonyl (C=O) groups is 1. The summed E-state index contributed by atoms with van der Waals surface area (Å²) in [6.07, 6.45) is 1.33. The van der Waals surface area contributed by atoms with Crippen LogP contribution in [0.25, 0.3) is 0 Å². The monoisotopic (exact) mass is 382 g/mol. The van der Waals surface area contributed by atoms with E-state index in [0.717, 1.165) is 22.6 Å². The third-order valence-electron chi connectivity index (χ3n) is 3.91. The number of halogens is 1. The summed E-state index contributed by atoms with van der Waals surface area (Å²) in [7, 11) is 1.60. The molecule has 0 radical (unpaired) electrons. The molecular weight excluding hydrogens is 364 g/mol. The van der Waals surface area contributed by atoms with E-state index in [2.05, 4.69) is 20.6 Å². The molecule has 6 nitrogen and oxygen atoms in total. The van der Waals surface area contributed by atoms with Gasteiger partial charge in [-0.3, -0.25) is 4.79 Å². The first-order valence-electron chi connectivity index (χ1n) is 8.27. The molecule has 0 saturated carbocycles. The second kappa shape index (κ2) is 8.05. The summed E-state index contributed by atoms with van der Waals surface area (Å²) in [6, 6.07) is 12.7. The van der Waals surface area contributed by atoms with Crippen molar-refractivity contribution < 1.29 is 9.53 Å². The van der Waals surface area contributed by atoms with Gasteiger partial charge in [-0.2, -0.15) is 0 Å². The number of aryl methyl sites for hydroxylation is 2. The molecule has 1 aromatic heterocycles. The molecule has 27 heavy (non-hydrogen) atoms. The third-order valence-corrected chi connectivity index (χ3v) is 4.21. The Balaban J connectivity index is 1.80. The number of methoxy groups -OCH3 is 1. The van der Waals surface area contributed by atoms with E-state index in [-0.39, 0.29) is 11.6 Å². The van der Waals surface area contributed by atoms with Crippen LogP contribution in [0.4, 0.5) is 17.2 Å². The first-order valence-corrected chi connectivity index (χ1v) is 8.65. The average Bonchev–Trinajstić information content (AvgIpc) is 2.65. The lowest BCUT2D eigenvalue weighted by Crippen LogP contribution is -2.15. The SMILES string of the molecule is COc1cccc(Nc2cc(C(=O)Nc3c(C)cc(C)cc3Cl)ncn2)c1. The van der Waals surface area contributed by atoms with E-state index in [9.17, 15) is 4.79 Å². The van der Waals surface area contributed by atoms with Gasteiger partial charge in [0, 0.05) is 17.8 Å². The first-order chi connectivity index (χ1) is 13.0. The van der Waals surface area contributed by atoms with Crippen LogP contribution >= 0.6 is 11.6 Å². The van der Waals surface area contributed by atoms with Crippen molar-refractivity contribution in [2.45, 2.75) is 13.8 Å². The maximum Gasteiger partial charge on any atom is 0.274 e. The van der Waals surface area contributed by atoms with Crippen LogP contribution in [0.2, 0.25) is 5.02 Å². The van der Waals surface area contributed by atoms with Gasteiger partial charge in [0.05, 0.1) is 17.8 Å². The van der Waals surface area contributed by atoms with Crippen molar-refractivity contribution in [1.82, 2.24) is 9.97 Å². The van der Waals surface area contributed by atoms with Gasteiger partial charge >= 0.3 is 0 Å². The predicted octanol–water partition coefficient (Wildman–Crippen LogP) is 4.75. The van der Waals surface area contributed by atoms with Crippen LogP contribution in [0.15, 0.2) is 48.8 Å². The quantitative estimate of drug-likeness (QED) is 0.665. The van der Waals surface area contributed by atoms with E-state index in [1.807, 2.05) is 44.2 Å². The van der Waals surface area contributed by atoms with Crippen molar-refractivity contribution in [3.8, 4) is 5.75 Å². The number of ether oxygens (including phenoxy) is 1. The highest BCUT2D eigenvalue weighted by atomic mass is 35.5. The number of hydrogen-bond acceptors (Lipinski definition) is 5. The average molecular weight is 383 g/mol. The standard InChI is InChI=1S/C20H19ClN4O2/c1-12-7-13(2)19(16(21)8-12)25-20(26)17-10-18(23-11-22-17)24-14-5-4-6-15(9-14)27-3/h4-11H,1-3H3,(H,25,26)(H,22,23,24). The summed E-state index contributed by atoms with van der Waals surface area (Å²) in [5.41, 5.74) is 3.51. The van der Waals surface area contributed by atoms with E-state index in [0.29, 0.717) is 16.5 Å². The predicted molar refractivity (Wildman–Crippen MR) is 107 cm³/mol. The molecule has 0 aliphatic rings. The summed E-state index contributed by atoms with van der Waals surface area (Å²) in [6.45, 7) is 3.84. The fourth-order valence-corrected chi connectivity index (χ4v) is 3.02. The Morgan fingerprint density at radius 1 is 1.11 bits per heavy atom. The van der Waals surface area contributed by atoms with Crippen LogP contribution in [0.3, 0.4) is 0 Å². The van der Waals surface area contributed by atoms with Crippen LogP contribution in [0, 0.1) is 13.8 Å². The highest BCUT2D eigenvalue weighted by Crippen LogP contribution is 2.28. The van der Waals surface area contributed by atoms with Gasteiger partial charge in [-0.15, -0.1) is 0 Å². The molecule has 0 aliphatic heterocycles. The van der Waals surface area contributed by atoms with E-state index in [1.165, 1.54) is 6.33 Å². The minimum absolute atomic E-state index is 0.228. The van der Waals surface area contributed by atoms with E-state index in [1.54, 1.807) is 19.2 Å². The highest BCUT2D eigenvalue weighted by molar-refractivity contribution is 6.34. The fraction of sp³-hybridized carbons (Fsp3) is 0.150. The molecule has 0 bridgehead atoms. The molecule has 3 aromatic rings. The molecule has 0 aliphatic carbocycles. The number of nitrogens with one attached hydrogen (secondary N) is 2. The van der Waals surface area contributed by atoms with Gasteiger partial charge in [-0.05, 0) is 43.2 Å². The van der Waals surface area contributed by atoms with Crippen molar-refractivity contribution in [3.63, 3.8) is 0 Å². The Bertz CT molecular complexity index is 968. The van der Waals surface area contributed by atoms with E-state index >= 15 is 0 Å². The van der Waals surface area contributed by atoms with Crippen molar-refractivity contribution in [3.05, 3.63) is 70.6 Å². The van der Waals surface area contributed by atoms with Crippen LogP contribution in [0.1, 0.15) is 21.6 Å². The number of rotatable bonds is 5. The molecule has 0 saturated heterocycles. The Labute approximate surface area is 162 Å². The summed E-state index contributed by atoms with van der Waals surface area (Å²) < 4.78 is 5.20. The molecule has 3 rings (SSSR count). The lowest BCUT2D eigenvalue weighted by molar-refractivity contribution is 0.102. The summed E-state index contributed by atoms with van der Waals surface area (Å²) >= 11 is 6.26. The van der Waals surface area contributed by atoms with Crippen LogP contribution in [0.5, 0.6) is 5.75 Å². The normalized spacial score (nSPS) is 10.4. The summed E-state index contributed by atoms with van der Waals surface area (Å²) in [4.78, 5) is 20.8. The smallest absolute Gasteiger partial charge is 0.274 e. The second-order valence-corrected chi connectivity index (χ2v) is 6.45. The first kappa shape index (κ1) is 18.7. The van der Waals surface area contributed by atoms with Crippen molar-refractivity contribution in [2.75, 3.05) is 17.7 Å². The maximum atomic E-state index is 12.6. The van der Waals surface area contributed by atoms with Crippen molar-refractivity contribution in [2.24, 2.45) is 0 Å². The number of nitrogens with zero attached hydrogens (tertiary/aromatic N) is 2. The molecule has 2 aromatic carbocycles. The second-order valence-electron chi connectivity index (χ2n) is 6.04. The molecule has 1 amide bonds. The lowest BCUT2D eigenvalue weighted by Gasteiger charge is -2.12. The Morgan fingerprint density at radius 3 is 2.67 bits per heavy atom. The third kappa shape index (κ3) is 4.54. The Hall–Kier alpha value is -3.12. The van der Waals surface area contributed by atoms with Gasteiger partial charge in [0.25, 0.3) is 5.91 Å². The largest absolute Gasteiger partial charge is 0.497 e. The van der Waals surface area contributed by atoms with Gasteiger partial charge < -0.3 is 15.4 Å². The number of benzene rings is 2. The van der Waals surface area contributed by atoms with Gasteiger partial charge in [0.2, 0.25) is 0 Å². The molecule has 0 atom stereocenters. The van der Waals surface area contributed by atoms with Crippen LogP contribution < -0.4 is 15.4 Å². The molecule has 0 fully saturated rings. The molecule has 1 heterocycles. The lowest BCUT2D eigenvalue weighted by atomic mass is 10.1. The number of carbonyl (C=O) groups excluding carboxylic acids is 1. The number of hydrogen-bond donors (Lipinski definition) is 2. The summed E-state index contributed by atoms with van der Waals surface area (Å²) in [5, 5.41) is 6.44. The maximum absolute atomic E-state index is 12.6. The molecule has 7 heteroatoms. The molecular formula is C20H19ClN4O2. The van der Waals surface area contributed by atoms with Crippen molar-refractivity contribution in [1.29, 1.82) is 0 Å². The van der Waals surface area contributed by atoms with Gasteiger partial charge in [-0.25, -0.2) is 9.97 Å². The topological polar surface area (TPSA) is 76.1 Å². The Morgan fingerprint density at radius 2 is 1.93 bits per heavy atom. The number of aromatic nitrogens is 2. The zero-order valence-corrected chi connectivity index (χ0v) is 16.0. The van der Waals surface area contributed by atoms with Gasteiger partial charge in [-0.1, -0.05) is 23.7 Å². The number of amides is 1. The van der Waals surface area contributed by atoms with Crippen molar-refractivity contribution >= 4 is 34.7 Å². The van der Waals surface area contributed by atoms with E-state index in [4.69, 9.17) is 16.3 Å². The van der Waals surface area contributed by atoms with Crippen LogP contribution in [-0.2, 0) is 0 Å². The Kier molecular flexibility index (Phi) is 5.57. The number of anilines is 3. The summed E-state index contributed by atoms with van der Waals surface area (Å²) in [5.74, 6) is 0.853. The zero-order chi connectivity index (χ0) is 19.4. The highest BCUT2D eigenvalue weighted by Gasteiger charge is 2.13. The van der Waals surface area contributed by atoms with E-state index < -0.39 is 0 Å². The molecule has 138 valence electrons. The molecule has 2 N–H and O–H groups in total. The minimum atomic E-state index is -0.361. The zero-order valence-electron chi connectivity index (χ0n) is 15.2. The molecule has 0 unspecified atom stereocenters. The van der Waals surface area contributed by atoms with Gasteiger partial charge in [0.15, 0.2) is 0 Å². The van der Waals surface area contributed by atoms with Gasteiger partial charge in [0.1, 0.15) is 23.6 Å². The van der Waals surface area contributed by atoms with Crippen LogP contribution in [-0.4, -0.2) is 23.0 Å². The minimum Gasteiger partial charge on any atom is -0.497 e.